The maximum atomic E-state index is 11.8. The molecule has 0 aliphatic heterocycles. The molecule has 1 aliphatic carbocycles. The highest BCUT2D eigenvalue weighted by Gasteiger charge is 2.26. The highest BCUT2D eigenvalue weighted by molar-refractivity contribution is 6.02. The van der Waals surface area contributed by atoms with Gasteiger partial charge in [-0.15, -0.1) is 0 Å². The number of benzene rings is 4. The molecule has 0 aromatic heterocycles. The summed E-state index contributed by atoms with van der Waals surface area (Å²) in [5.74, 6) is -0.0633. The summed E-state index contributed by atoms with van der Waals surface area (Å²) in [6.07, 6.45) is 3.06. The summed E-state index contributed by atoms with van der Waals surface area (Å²) >= 11 is 0. The summed E-state index contributed by atoms with van der Waals surface area (Å²) in [7, 11) is 0. The number of nitrogens with zero attached hydrogens (tertiary/aromatic N) is 1. The van der Waals surface area contributed by atoms with Crippen molar-refractivity contribution in [3.05, 3.63) is 106 Å². The number of phenolic OH excluding ortho intramolecular Hbond substituents is 1. The fraction of sp³-hybridized carbons (Fsp3) is 0.103. The first-order valence-corrected chi connectivity index (χ1v) is 11.4. The van der Waals surface area contributed by atoms with E-state index in [-0.39, 0.29) is 30.0 Å². The zero-order chi connectivity index (χ0) is 24.4. The Hall–Kier alpha value is -4.42. The van der Waals surface area contributed by atoms with Crippen molar-refractivity contribution >= 4 is 40.4 Å². The minimum Gasteiger partial charge on any atom is -0.507 e. The largest absolute Gasteiger partial charge is 0.507 e. The Kier molecular flexibility index (Phi) is 6.04. The maximum Gasteiger partial charge on any atom is 0.191 e. The number of guanidine groups is 1. The number of carbonyl (C=O) groups excluding carboxylic acids is 1. The first-order chi connectivity index (χ1) is 17.1. The van der Waals surface area contributed by atoms with Crippen LogP contribution in [-0.2, 0) is 11.3 Å². The molecule has 4 aromatic carbocycles. The fourth-order valence-electron chi connectivity index (χ4n) is 4.68. The van der Waals surface area contributed by atoms with Gasteiger partial charge in [-0.2, -0.15) is 0 Å². The Morgan fingerprint density at radius 2 is 1.77 bits per heavy atom. The van der Waals surface area contributed by atoms with E-state index in [1.807, 2.05) is 72.8 Å². The molecule has 0 bridgehead atoms. The van der Waals surface area contributed by atoms with Crippen LogP contribution in [0.1, 0.15) is 27.9 Å². The van der Waals surface area contributed by atoms with Crippen LogP contribution in [-0.4, -0.2) is 23.5 Å². The van der Waals surface area contributed by atoms with E-state index < -0.39 is 0 Å². The molecule has 0 spiro atoms. The van der Waals surface area contributed by atoms with E-state index >= 15 is 0 Å². The standard InChI is InChI=1S/C29H25N3O3/c30-29(31)32-24-12-6-3-9-20(24)17-35-25-14-13-18-7-1-4-10-22(18)26(25)27-23-11-5-2-8-19(23)15-21(16-33)28(27)34/h1-13,15-16,25,34H,14,17H2,(H4,30,31,32). The normalized spacial score (nSPS) is 14.7. The van der Waals surface area contributed by atoms with Gasteiger partial charge in [-0.3, -0.25) is 4.79 Å². The van der Waals surface area contributed by atoms with Gasteiger partial charge < -0.3 is 21.3 Å². The molecule has 0 radical (unpaired) electrons. The first-order valence-electron chi connectivity index (χ1n) is 11.4. The average molecular weight is 464 g/mol. The zero-order valence-corrected chi connectivity index (χ0v) is 19.0. The molecule has 0 saturated carbocycles. The van der Waals surface area contributed by atoms with Crippen LogP contribution in [0.5, 0.6) is 5.75 Å². The van der Waals surface area contributed by atoms with Gasteiger partial charge in [0, 0.05) is 16.7 Å². The number of nitrogens with two attached hydrogens (primary N) is 2. The van der Waals surface area contributed by atoms with E-state index in [0.717, 1.165) is 32.3 Å². The van der Waals surface area contributed by atoms with Crippen molar-refractivity contribution in [3.8, 4) is 5.75 Å². The smallest absolute Gasteiger partial charge is 0.191 e. The van der Waals surface area contributed by atoms with E-state index in [1.54, 1.807) is 6.07 Å². The second-order valence-electron chi connectivity index (χ2n) is 8.43. The molecule has 1 atom stereocenters. The summed E-state index contributed by atoms with van der Waals surface area (Å²) in [5.41, 5.74) is 14.4. The van der Waals surface area contributed by atoms with Crippen molar-refractivity contribution < 1.29 is 14.6 Å². The lowest BCUT2D eigenvalue weighted by atomic mass is 9.86. The van der Waals surface area contributed by atoms with Crippen LogP contribution >= 0.6 is 0 Å². The molecular formula is C29H25N3O3. The van der Waals surface area contributed by atoms with Gasteiger partial charge in [0.25, 0.3) is 0 Å². The minimum atomic E-state index is -0.367. The third-order valence-electron chi connectivity index (χ3n) is 6.25. The lowest BCUT2D eigenvalue weighted by molar-refractivity contribution is 0.0817. The molecule has 0 fully saturated rings. The number of rotatable bonds is 6. The van der Waals surface area contributed by atoms with Crippen molar-refractivity contribution in [1.82, 2.24) is 0 Å². The molecule has 35 heavy (non-hydrogen) atoms. The monoisotopic (exact) mass is 463 g/mol. The predicted octanol–water partition coefficient (Wildman–Crippen LogP) is 3.23. The Morgan fingerprint density at radius 3 is 2.60 bits per heavy atom. The number of aldehydes is 1. The summed E-state index contributed by atoms with van der Waals surface area (Å²) in [4.78, 5) is 16.0. The van der Waals surface area contributed by atoms with E-state index in [0.29, 0.717) is 24.0 Å². The molecule has 0 heterocycles. The number of ether oxygens (including phenoxy) is 1. The van der Waals surface area contributed by atoms with Crippen LogP contribution < -0.4 is 21.9 Å². The maximum absolute atomic E-state index is 11.8. The van der Waals surface area contributed by atoms with Gasteiger partial charge in [0.15, 0.2) is 12.2 Å². The van der Waals surface area contributed by atoms with Crippen LogP contribution in [0.2, 0.25) is 0 Å². The van der Waals surface area contributed by atoms with Gasteiger partial charge >= 0.3 is 0 Å². The summed E-state index contributed by atoms with van der Waals surface area (Å²) in [5, 5.41) is 15.0. The number of aliphatic imine (C=N–C) groups is 1. The second-order valence-corrected chi connectivity index (χ2v) is 8.43. The number of para-hydroxylation sites is 1. The number of hydrogen-bond acceptors (Lipinski definition) is 4. The number of hydrogen-bond donors (Lipinski definition) is 3. The van der Waals surface area contributed by atoms with Gasteiger partial charge in [0.05, 0.1) is 24.0 Å². The van der Waals surface area contributed by atoms with E-state index in [1.165, 1.54) is 0 Å². The van der Waals surface area contributed by atoms with E-state index in [9.17, 15) is 9.90 Å². The van der Waals surface area contributed by atoms with Crippen LogP contribution in [0.4, 0.5) is 5.69 Å². The topological polar surface area (TPSA) is 111 Å². The summed E-state index contributed by atoms with van der Waals surface area (Å²) in [6, 6.07) is 25.0. The van der Waals surface area contributed by atoms with Crippen LogP contribution in [0.15, 0.2) is 83.9 Å². The second kappa shape index (κ2) is 9.44. The summed E-state index contributed by atoms with van der Waals surface area (Å²) < 4.78 is 6.47. The van der Waals surface area contributed by atoms with Crippen molar-refractivity contribution in [2.24, 2.45) is 16.5 Å². The van der Waals surface area contributed by atoms with Gasteiger partial charge in [-0.05, 0) is 39.8 Å². The van der Waals surface area contributed by atoms with Gasteiger partial charge in [-0.25, -0.2) is 4.99 Å². The first kappa shape index (κ1) is 22.4. The molecule has 5 N–H and O–H groups in total. The Bertz CT molecular complexity index is 1590. The third kappa shape index (κ3) is 4.27. The fourth-order valence-corrected chi connectivity index (χ4v) is 4.68. The zero-order valence-electron chi connectivity index (χ0n) is 19.0. The summed E-state index contributed by atoms with van der Waals surface area (Å²) in [6.45, 7) is 0.267. The lowest BCUT2D eigenvalue weighted by Crippen LogP contribution is -2.36. The minimum absolute atomic E-state index is 0.0216. The molecule has 5 rings (SSSR count). The molecule has 0 amide bonds. The van der Waals surface area contributed by atoms with Gasteiger partial charge in [-0.1, -0.05) is 72.8 Å². The Labute approximate surface area is 202 Å². The molecule has 6 heteroatoms. The molecule has 6 nitrogen and oxygen atoms in total. The molecule has 1 unspecified atom stereocenters. The molecule has 4 aromatic rings. The molecule has 1 aliphatic rings. The average Bonchev–Trinajstić information content (AvgIpc) is 2.87. The Morgan fingerprint density at radius 1 is 1.03 bits per heavy atom. The van der Waals surface area contributed by atoms with Crippen molar-refractivity contribution in [2.45, 2.75) is 19.1 Å². The Balaban J connectivity index is 1.68. The lowest BCUT2D eigenvalue weighted by Gasteiger charge is -2.26. The molecule has 174 valence electrons. The van der Waals surface area contributed by atoms with Crippen LogP contribution in [0.25, 0.3) is 22.4 Å². The van der Waals surface area contributed by atoms with Gasteiger partial charge in [0.2, 0.25) is 0 Å². The van der Waals surface area contributed by atoms with Crippen molar-refractivity contribution in [1.29, 1.82) is 0 Å². The SMILES string of the molecule is NC(N)=Nc1ccccc1COC1CC=c2ccccc2=C1c1c(O)c(C=O)cc2ccccc12. The van der Waals surface area contributed by atoms with Crippen molar-refractivity contribution in [3.63, 3.8) is 0 Å². The number of fused-ring (bicyclic) bond motifs is 2. The molecule has 0 saturated heterocycles. The van der Waals surface area contributed by atoms with Crippen LogP contribution in [0.3, 0.4) is 0 Å². The third-order valence-corrected chi connectivity index (χ3v) is 6.25. The van der Waals surface area contributed by atoms with Crippen LogP contribution in [0, 0.1) is 0 Å². The number of phenols is 1. The molecular weight excluding hydrogens is 438 g/mol. The number of carbonyl (C=O) groups is 1. The quantitative estimate of drug-likeness (QED) is 0.231. The van der Waals surface area contributed by atoms with Gasteiger partial charge in [0.1, 0.15) is 5.75 Å². The highest BCUT2D eigenvalue weighted by Crippen LogP contribution is 2.38. The number of aromatic hydroxyl groups is 1. The predicted molar refractivity (Wildman–Crippen MR) is 139 cm³/mol. The van der Waals surface area contributed by atoms with E-state index in [4.69, 9.17) is 16.2 Å². The highest BCUT2D eigenvalue weighted by atomic mass is 16.5. The van der Waals surface area contributed by atoms with Crippen molar-refractivity contribution in [2.75, 3.05) is 0 Å². The van der Waals surface area contributed by atoms with E-state index in [2.05, 4.69) is 11.1 Å².